The third-order valence-corrected chi connectivity index (χ3v) is 1.60. The maximum atomic E-state index is 10.5. The van der Waals surface area contributed by atoms with Gasteiger partial charge in [-0.05, 0) is 17.2 Å². The normalized spacial score (nSPS) is 9.55. The molecule has 0 saturated carbocycles. The van der Waals surface area contributed by atoms with E-state index in [9.17, 15) is 4.79 Å². The van der Waals surface area contributed by atoms with Crippen LogP contribution in [0.25, 0.3) is 0 Å². The Morgan fingerprint density at radius 3 is 2.36 bits per heavy atom. The van der Waals surface area contributed by atoms with E-state index in [1.165, 1.54) is 5.46 Å². The minimum atomic E-state index is -0.311. The molecule has 0 bridgehead atoms. The second-order valence-corrected chi connectivity index (χ2v) is 2.94. The number of hydrogen-bond acceptors (Lipinski definition) is 1. The summed E-state index contributed by atoms with van der Waals surface area (Å²) in [6, 6.07) is 7.76. The summed E-state index contributed by atoms with van der Waals surface area (Å²) >= 11 is 5.21. The summed E-state index contributed by atoms with van der Waals surface area (Å²) in [4.78, 5) is 10.5. The number of hydrogen-bond donors (Lipinski definition) is 0. The van der Waals surface area contributed by atoms with Crippen molar-refractivity contribution in [3.8, 4) is 0 Å². The molecule has 1 aromatic rings. The van der Waals surface area contributed by atoms with E-state index in [4.69, 9.17) is 11.6 Å². The van der Waals surface area contributed by atoms with Gasteiger partial charge in [-0.15, -0.1) is 0 Å². The number of carbonyl (C=O) groups excluding carboxylic acids is 1. The van der Waals surface area contributed by atoms with Crippen molar-refractivity contribution >= 4 is 30.2 Å². The van der Waals surface area contributed by atoms with Gasteiger partial charge < -0.3 is 0 Å². The van der Waals surface area contributed by atoms with E-state index in [-0.39, 0.29) is 5.24 Å². The zero-order valence-corrected chi connectivity index (χ0v) is 7.06. The van der Waals surface area contributed by atoms with E-state index in [1.807, 2.05) is 32.1 Å². The van der Waals surface area contributed by atoms with E-state index in [0.29, 0.717) is 6.42 Å². The Morgan fingerprint density at radius 1 is 1.36 bits per heavy atom. The lowest BCUT2D eigenvalue weighted by molar-refractivity contribution is -0.111. The Bertz CT molecular complexity index is 255. The Morgan fingerprint density at radius 2 is 1.91 bits per heavy atom. The largest absolute Gasteiger partial charge is 0.281 e. The maximum Gasteiger partial charge on any atom is 0.226 e. The van der Waals surface area contributed by atoms with Crippen molar-refractivity contribution in [1.82, 2.24) is 0 Å². The molecule has 0 aliphatic rings. The van der Waals surface area contributed by atoms with Gasteiger partial charge in [0.15, 0.2) is 0 Å². The molecule has 1 aromatic carbocycles. The Balaban J connectivity index is 2.74. The third-order valence-electron chi connectivity index (χ3n) is 1.46. The van der Waals surface area contributed by atoms with Crippen molar-refractivity contribution in [2.75, 3.05) is 0 Å². The van der Waals surface area contributed by atoms with Gasteiger partial charge in [-0.3, -0.25) is 4.79 Å². The highest BCUT2D eigenvalue weighted by molar-refractivity contribution is 6.63. The van der Waals surface area contributed by atoms with Gasteiger partial charge in [-0.1, -0.05) is 29.7 Å². The number of rotatable bonds is 2. The van der Waals surface area contributed by atoms with Crippen molar-refractivity contribution in [1.29, 1.82) is 0 Å². The van der Waals surface area contributed by atoms with Gasteiger partial charge in [-0.25, -0.2) is 0 Å². The molecule has 0 atom stereocenters. The van der Waals surface area contributed by atoms with Crippen LogP contribution in [0.5, 0.6) is 0 Å². The predicted molar refractivity (Wildman–Crippen MR) is 49.2 cm³/mol. The molecular formula is C8H8BClO. The maximum absolute atomic E-state index is 10.5. The van der Waals surface area contributed by atoms with E-state index in [0.717, 1.165) is 5.56 Å². The lowest BCUT2D eigenvalue weighted by Crippen LogP contribution is -2.02. The fourth-order valence-corrected chi connectivity index (χ4v) is 1.02. The summed E-state index contributed by atoms with van der Waals surface area (Å²) in [7, 11) is 2.01. The van der Waals surface area contributed by atoms with E-state index >= 15 is 0 Å². The molecule has 0 spiro atoms. The zero-order chi connectivity index (χ0) is 8.27. The van der Waals surface area contributed by atoms with Crippen LogP contribution in [0.15, 0.2) is 24.3 Å². The molecule has 1 nitrogen and oxygen atoms in total. The summed E-state index contributed by atoms with van der Waals surface area (Å²) in [6.45, 7) is 0. The molecule has 0 amide bonds. The average Bonchev–Trinajstić information content (AvgIpc) is 1.93. The van der Waals surface area contributed by atoms with Gasteiger partial charge in [0, 0.05) is 6.42 Å². The van der Waals surface area contributed by atoms with Crippen LogP contribution in [-0.2, 0) is 11.2 Å². The van der Waals surface area contributed by atoms with Crippen LogP contribution in [0.3, 0.4) is 0 Å². The molecule has 0 heterocycles. The van der Waals surface area contributed by atoms with Crippen molar-refractivity contribution in [3.05, 3.63) is 29.8 Å². The van der Waals surface area contributed by atoms with Crippen LogP contribution < -0.4 is 5.46 Å². The van der Waals surface area contributed by atoms with Crippen LogP contribution in [0.4, 0.5) is 0 Å². The quantitative estimate of drug-likeness (QED) is 0.455. The van der Waals surface area contributed by atoms with E-state index in [1.54, 1.807) is 0 Å². The third kappa shape index (κ3) is 2.77. The molecule has 1 rings (SSSR count). The Labute approximate surface area is 71.8 Å². The standard InChI is InChI=1S/C8H8BClO/c9-7-3-1-6(2-4-7)5-8(10)11/h1-4H,5,9H2. The first-order valence-corrected chi connectivity index (χ1v) is 3.80. The molecule has 0 unspecified atom stereocenters. The van der Waals surface area contributed by atoms with Crippen LogP contribution in [0.2, 0.25) is 0 Å². The lowest BCUT2D eigenvalue weighted by atomic mass is 9.95. The van der Waals surface area contributed by atoms with Gasteiger partial charge >= 0.3 is 0 Å². The van der Waals surface area contributed by atoms with E-state index in [2.05, 4.69) is 0 Å². The topological polar surface area (TPSA) is 17.1 Å². The predicted octanol–water partition coefficient (Wildman–Crippen LogP) is 0.253. The summed E-state index contributed by atoms with van der Waals surface area (Å²) in [5.74, 6) is 0. The highest BCUT2D eigenvalue weighted by atomic mass is 35.5. The van der Waals surface area contributed by atoms with Crippen molar-refractivity contribution in [2.45, 2.75) is 6.42 Å². The first kappa shape index (κ1) is 8.34. The second kappa shape index (κ2) is 3.58. The first-order valence-electron chi connectivity index (χ1n) is 3.42. The van der Waals surface area contributed by atoms with E-state index < -0.39 is 0 Å². The molecule has 0 N–H and O–H groups in total. The van der Waals surface area contributed by atoms with Crippen molar-refractivity contribution in [2.24, 2.45) is 0 Å². The summed E-state index contributed by atoms with van der Waals surface area (Å²) in [6.07, 6.45) is 0.321. The fraction of sp³-hybridized carbons (Fsp3) is 0.125. The monoisotopic (exact) mass is 166 g/mol. The van der Waals surface area contributed by atoms with Gasteiger partial charge in [0.1, 0.15) is 7.85 Å². The molecule has 0 radical (unpaired) electrons. The van der Waals surface area contributed by atoms with Crippen LogP contribution in [0.1, 0.15) is 5.56 Å². The molecule has 0 aliphatic carbocycles. The van der Waals surface area contributed by atoms with Gasteiger partial charge in [-0.2, -0.15) is 0 Å². The Kier molecular flexibility index (Phi) is 2.72. The average molecular weight is 166 g/mol. The number of carbonyl (C=O) groups is 1. The molecule has 0 aromatic heterocycles. The van der Waals surface area contributed by atoms with Gasteiger partial charge in [0.2, 0.25) is 5.24 Å². The Hall–Kier alpha value is -0.755. The number of halogens is 1. The summed E-state index contributed by atoms with van der Waals surface area (Å²) in [5, 5.41) is -0.311. The highest BCUT2D eigenvalue weighted by Crippen LogP contribution is 1.99. The summed E-state index contributed by atoms with van der Waals surface area (Å²) in [5.41, 5.74) is 2.16. The fourth-order valence-electron chi connectivity index (χ4n) is 0.866. The summed E-state index contributed by atoms with van der Waals surface area (Å²) < 4.78 is 0. The first-order chi connectivity index (χ1) is 5.18. The van der Waals surface area contributed by atoms with Gasteiger partial charge in [0.25, 0.3) is 0 Å². The molecule has 0 fully saturated rings. The number of benzene rings is 1. The molecule has 11 heavy (non-hydrogen) atoms. The van der Waals surface area contributed by atoms with Crippen molar-refractivity contribution < 1.29 is 4.79 Å². The van der Waals surface area contributed by atoms with Crippen LogP contribution in [0, 0.1) is 0 Å². The minimum Gasteiger partial charge on any atom is -0.281 e. The smallest absolute Gasteiger partial charge is 0.226 e. The second-order valence-electron chi connectivity index (χ2n) is 2.52. The molecular weight excluding hydrogens is 158 g/mol. The molecule has 0 aliphatic heterocycles. The molecule has 0 saturated heterocycles. The lowest BCUT2D eigenvalue weighted by Gasteiger charge is -1.96. The molecule has 3 heteroatoms. The molecule has 56 valence electrons. The minimum absolute atomic E-state index is 0.311. The van der Waals surface area contributed by atoms with Crippen LogP contribution >= 0.6 is 11.6 Å². The SMILES string of the molecule is Bc1ccc(CC(=O)Cl)cc1. The highest BCUT2D eigenvalue weighted by Gasteiger charge is 1.97. The zero-order valence-electron chi connectivity index (χ0n) is 6.30. The van der Waals surface area contributed by atoms with Crippen LogP contribution in [-0.4, -0.2) is 13.1 Å². The van der Waals surface area contributed by atoms with Crippen molar-refractivity contribution in [3.63, 3.8) is 0 Å². The van der Waals surface area contributed by atoms with Gasteiger partial charge in [0.05, 0.1) is 0 Å².